The first-order valence-corrected chi connectivity index (χ1v) is 10.7. The lowest BCUT2D eigenvalue weighted by atomic mass is 9.96. The van der Waals surface area contributed by atoms with Gasteiger partial charge in [-0.1, -0.05) is 12.1 Å². The quantitative estimate of drug-likeness (QED) is 0.526. The van der Waals surface area contributed by atoms with Crippen LogP contribution in [0.2, 0.25) is 0 Å². The van der Waals surface area contributed by atoms with Crippen molar-refractivity contribution in [3.05, 3.63) is 71.3 Å². The standard InChI is InChI=1S/C23H29FN4OS/c1-23(2,29)22-19(14-16-7-9-18(10-8-16)30-27(3)4)21-20(6-5-13-26-21)28(22)15-17(24)11-12-25/h5-11,13,29H,12,14-15,25H2,1-4H3/b17-11-. The molecule has 2 heterocycles. The van der Waals surface area contributed by atoms with Gasteiger partial charge in [-0.05, 0) is 75.8 Å². The maximum Gasteiger partial charge on any atom is 0.117 e. The Kier molecular flexibility index (Phi) is 6.98. The molecule has 0 unspecified atom stereocenters. The minimum absolute atomic E-state index is 0.0110. The van der Waals surface area contributed by atoms with Gasteiger partial charge in [0.1, 0.15) is 5.83 Å². The van der Waals surface area contributed by atoms with E-state index in [-0.39, 0.29) is 18.9 Å². The summed E-state index contributed by atoms with van der Waals surface area (Å²) in [5, 5.41) is 11.0. The van der Waals surface area contributed by atoms with E-state index in [1.54, 1.807) is 32.0 Å². The molecule has 2 aromatic heterocycles. The lowest BCUT2D eigenvalue weighted by Crippen LogP contribution is -2.23. The van der Waals surface area contributed by atoms with Crippen molar-refractivity contribution in [3.8, 4) is 0 Å². The normalized spacial score (nSPS) is 12.9. The zero-order chi connectivity index (χ0) is 21.9. The predicted molar refractivity (Wildman–Crippen MR) is 122 cm³/mol. The van der Waals surface area contributed by atoms with E-state index in [0.717, 1.165) is 27.1 Å². The third-order valence-corrected chi connectivity index (χ3v) is 5.59. The maximum atomic E-state index is 14.4. The van der Waals surface area contributed by atoms with E-state index >= 15 is 0 Å². The first-order chi connectivity index (χ1) is 14.2. The van der Waals surface area contributed by atoms with E-state index in [9.17, 15) is 9.50 Å². The van der Waals surface area contributed by atoms with Crippen molar-refractivity contribution in [2.45, 2.75) is 37.3 Å². The number of nitrogens with two attached hydrogens (primary N) is 1. The number of aliphatic hydroxyl groups is 1. The summed E-state index contributed by atoms with van der Waals surface area (Å²) in [6, 6.07) is 12.1. The fourth-order valence-electron chi connectivity index (χ4n) is 3.70. The Hall–Kier alpha value is -2.19. The van der Waals surface area contributed by atoms with Gasteiger partial charge in [-0.2, -0.15) is 0 Å². The number of allylic oxidation sites excluding steroid dienone is 1. The van der Waals surface area contributed by atoms with Crippen LogP contribution in [0.25, 0.3) is 11.0 Å². The van der Waals surface area contributed by atoms with Gasteiger partial charge in [0.2, 0.25) is 0 Å². The lowest BCUT2D eigenvalue weighted by Gasteiger charge is -2.23. The van der Waals surface area contributed by atoms with Crippen molar-refractivity contribution < 1.29 is 9.50 Å². The molecule has 1 aromatic carbocycles. The average Bonchev–Trinajstić information content (AvgIpc) is 2.97. The lowest BCUT2D eigenvalue weighted by molar-refractivity contribution is 0.0694. The third kappa shape index (κ3) is 5.10. The molecular formula is C23H29FN4OS. The summed E-state index contributed by atoms with van der Waals surface area (Å²) < 4.78 is 18.3. The fourth-order valence-corrected chi connectivity index (χ4v) is 4.38. The van der Waals surface area contributed by atoms with E-state index in [1.165, 1.54) is 6.08 Å². The first kappa shape index (κ1) is 22.5. The smallest absolute Gasteiger partial charge is 0.117 e. The highest BCUT2D eigenvalue weighted by Crippen LogP contribution is 2.35. The van der Waals surface area contributed by atoms with Crippen molar-refractivity contribution in [1.82, 2.24) is 13.9 Å². The second kappa shape index (κ2) is 9.31. The van der Waals surface area contributed by atoms with Crippen LogP contribution in [0.15, 0.2) is 59.4 Å². The summed E-state index contributed by atoms with van der Waals surface area (Å²) >= 11 is 1.66. The average molecular weight is 429 g/mol. The molecule has 3 aromatic rings. The summed E-state index contributed by atoms with van der Waals surface area (Å²) in [6.07, 6.45) is 3.68. The van der Waals surface area contributed by atoms with Crippen molar-refractivity contribution in [2.24, 2.45) is 5.73 Å². The Balaban J connectivity index is 2.10. The third-order valence-electron chi connectivity index (χ3n) is 4.74. The maximum absolute atomic E-state index is 14.4. The predicted octanol–water partition coefficient (Wildman–Crippen LogP) is 4.24. The number of rotatable bonds is 8. The molecule has 0 atom stereocenters. The molecule has 0 bridgehead atoms. The number of nitrogens with zero attached hydrogens (tertiary/aromatic N) is 3. The molecule has 0 aliphatic carbocycles. The van der Waals surface area contributed by atoms with Crippen LogP contribution in [-0.4, -0.2) is 39.6 Å². The van der Waals surface area contributed by atoms with Crippen LogP contribution in [0.1, 0.15) is 30.7 Å². The van der Waals surface area contributed by atoms with Gasteiger partial charge in [0.05, 0.1) is 28.9 Å². The highest BCUT2D eigenvalue weighted by atomic mass is 32.2. The number of hydrogen-bond donors (Lipinski definition) is 2. The molecule has 0 aliphatic heterocycles. The van der Waals surface area contributed by atoms with Gasteiger partial charge in [-0.25, -0.2) is 4.39 Å². The summed E-state index contributed by atoms with van der Waals surface area (Å²) in [5.74, 6) is -0.333. The summed E-state index contributed by atoms with van der Waals surface area (Å²) in [5.41, 5.74) is 8.57. The molecule has 0 spiro atoms. The number of fused-ring (bicyclic) bond motifs is 1. The van der Waals surface area contributed by atoms with E-state index in [2.05, 4.69) is 29.2 Å². The minimum atomic E-state index is -1.17. The fraction of sp³-hybridized carbons (Fsp3) is 0.348. The molecule has 3 rings (SSSR count). The van der Waals surface area contributed by atoms with Crippen LogP contribution in [0.3, 0.4) is 0 Å². The zero-order valence-electron chi connectivity index (χ0n) is 17.9. The Morgan fingerprint density at radius 3 is 2.57 bits per heavy atom. The van der Waals surface area contributed by atoms with Crippen LogP contribution in [-0.2, 0) is 18.6 Å². The molecule has 160 valence electrons. The molecule has 0 aliphatic rings. The van der Waals surface area contributed by atoms with E-state index in [0.29, 0.717) is 12.1 Å². The number of benzene rings is 1. The minimum Gasteiger partial charge on any atom is -0.384 e. The molecule has 0 saturated carbocycles. The van der Waals surface area contributed by atoms with E-state index in [1.807, 2.05) is 35.1 Å². The Bertz CT molecular complexity index is 1040. The molecule has 0 amide bonds. The second-order valence-electron chi connectivity index (χ2n) is 7.95. The second-order valence-corrected chi connectivity index (χ2v) is 9.34. The SMILES string of the molecule is CN(C)Sc1ccc(Cc2c(C(C)(C)O)n(C/C(F)=C/CN)c3cccnc23)cc1. The number of hydrogen-bond acceptors (Lipinski definition) is 5. The summed E-state index contributed by atoms with van der Waals surface area (Å²) in [6.45, 7) is 3.59. The molecule has 7 heteroatoms. The monoisotopic (exact) mass is 428 g/mol. The van der Waals surface area contributed by atoms with Gasteiger partial charge < -0.3 is 15.4 Å². The summed E-state index contributed by atoms with van der Waals surface area (Å²) in [4.78, 5) is 5.73. The molecule has 5 nitrogen and oxygen atoms in total. The largest absolute Gasteiger partial charge is 0.384 e. The van der Waals surface area contributed by atoms with Gasteiger partial charge in [0.25, 0.3) is 0 Å². The summed E-state index contributed by atoms with van der Waals surface area (Å²) in [7, 11) is 4.01. The number of aromatic nitrogens is 2. The van der Waals surface area contributed by atoms with Gasteiger partial charge in [0, 0.05) is 29.6 Å². The zero-order valence-corrected chi connectivity index (χ0v) is 18.7. The first-order valence-electron chi connectivity index (χ1n) is 9.88. The van der Waals surface area contributed by atoms with Gasteiger partial charge in [0.15, 0.2) is 0 Å². The molecular weight excluding hydrogens is 399 g/mol. The van der Waals surface area contributed by atoms with Crippen LogP contribution in [0.5, 0.6) is 0 Å². The van der Waals surface area contributed by atoms with E-state index in [4.69, 9.17) is 5.73 Å². The van der Waals surface area contributed by atoms with Crippen LogP contribution in [0.4, 0.5) is 4.39 Å². The van der Waals surface area contributed by atoms with Gasteiger partial charge in [-0.3, -0.25) is 9.29 Å². The molecule has 3 N–H and O–H groups in total. The highest BCUT2D eigenvalue weighted by Gasteiger charge is 2.29. The van der Waals surface area contributed by atoms with Crippen molar-refractivity contribution in [2.75, 3.05) is 20.6 Å². The van der Waals surface area contributed by atoms with Gasteiger partial charge >= 0.3 is 0 Å². The Morgan fingerprint density at radius 2 is 1.97 bits per heavy atom. The van der Waals surface area contributed by atoms with Crippen molar-refractivity contribution in [1.29, 1.82) is 0 Å². The molecule has 0 radical (unpaired) electrons. The van der Waals surface area contributed by atoms with Crippen LogP contribution >= 0.6 is 11.9 Å². The van der Waals surface area contributed by atoms with Gasteiger partial charge in [-0.15, -0.1) is 0 Å². The Labute approximate surface area is 181 Å². The topological polar surface area (TPSA) is 67.3 Å². The number of halogens is 1. The molecule has 30 heavy (non-hydrogen) atoms. The van der Waals surface area contributed by atoms with Crippen molar-refractivity contribution in [3.63, 3.8) is 0 Å². The van der Waals surface area contributed by atoms with E-state index < -0.39 is 5.60 Å². The van der Waals surface area contributed by atoms with Crippen molar-refractivity contribution >= 4 is 23.0 Å². The highest BCUT2D eigenvalue weighted by molar-refractivity contribution is 7.97. The molecule has 0 saturated heterocycles. The van der Waals surface area contributed by atoms with Crippen LogP contribution < -0.4 is 5.73 Å². The Morgan fingerprint density at radius 1 is 1.27 bits per heavy atom. The van der Waals surface area contributed by atoms with Crippen LogP contribution in [0, 0.1) is 0 Å². The number of pyridine rings is 1. The molecule has 0 fully saturated rings.